The third kappa shape index (κ3) is 1.88. The third-order valence-electron chi connectivity index (χ3n) is 2.34. The molecule has 0 saturated carbocycles. The van der Waals surface area contributed by atoms with E-state index in [0.717, 1.165) is 21.4 Å². The molecule has 0 aliphatic heterocycles. The van der Waals surface area contributed by atoms with Gasteiger partial charge in [-0.2, -0.15) is 0 Å². The van der Waals surface area contributed by atoms with Crippen molar-refractivity contribution in [2.75, 3.05) is 0 Å². The Hall–Kier alpha value is -1.55. The Bertz CT molecular complexity index is 543. The Morgan fingerprint density at radius 3 is 2.62 bits per heavy atom. The molecule has 1 N–H and O–H groups in total. The number of rotatable bonds is 2. The maximum Gasteiger partial charge on any atom is 0.335 e. The van der Waals surface area contributed by atoms with Crippen molar-refractivity contribution >= 4 is 21.9 Å². The number of halogens is 1. The van der Waals surface area contributed by atoms with Gasteiger partial charge in [-0.3, -0.25) is 0 Å². The van der Waals surface area contributed by atoms with Gasteiger partial charge in [-0.1, -0.05) is 6.07 Å². The van der Waals surface area contributed by atoms with Gasteiger partial charge in [0.1, 0.15) is 5.76 Å². The quantitative estimate of drug-likeness (QED) is 0.912. The van der Waals surface area contributed by atoms with Crippen LogP contribution in [0.4, 0.5) is 0 Å². The minimum absolute atomic E-state index is 0.281. The SMILES string of the molecule is Cc1cc(C(=O)O)ccc1-c1occc1Br. The van der Waals surface area contributed by atoms with Crippen molar-refractivity contribution in [3.05, 3.63) is 46.1 Å². The lowest BCUT2D eigenvalue weighted by Crippen LogP contribution is -1.97. The summed E-state index contributed by atoms with van der Waals surface area (Å²) in [5.74, 6) is -0.206. The van der Waals surface area contributed by atoms with E-state index in [1.807, 2.05) is 6.92 Å². The predicted octanol–water partition coefficient (Wildman–Crippen LogP) is 3.72. The molecule has 0 fully saturated rings. The molecular formula is C12H9BrO3. The second kappa shape index (κ2) is 4.14. The lowest BCUT2D eigenvalue weighted by atomic mass is 10.0. The molecule has 1 aromatic heterocycles. The normalized spacial score (nSPS) is 10.4. The lowest BCUT2D eigenvalue weighted by molar-refractivity contribution is 0.0697. The van der Waals surface area contributed by atoms with Gasteiger partial charge < -0.3 is 9.52 Å². The summed E-state index contributed by atoms with van der Waals surface area (Å²) < 4.78 is 6.20. The zero-order valence-electron chi connectivity index (χ0n) is 8.53. The number of carbonyl (C=O) groups is 1. The van der Waals surface area contributed by atoms with E-state index in [1.54, 1.807) is 30.5 Å². The van der Waals surface area contributed by atoms with Gasteiger partial charge in [-0.25, -0.2) is 4.79 Å². The van der Waals surface area contributed by atoms with Crippen LogP contribution in [0.5, 0.6) is 0 Å². The van der Waals surface area contributed by atoms with Gasteiger partial charge in [-0.15, -0.1) is 0 Å². The topological polar surface area (TPSA) is 50.4 Å². The smallest absolute Gasteiger partial charge is 0.335 e. The second-order valence-corrected chi connectivity index (χ2v) is 4.29. The first kappa shape index (κ1) is 11.0. The number of carboxylic acids is 1. The zero-order valence-corrected chi connectivity index (χ0v) is 10.1. The molecule has 82 valence electrons. The van der Waals surface area contributed by atoms with Gasteiger partial charge in [-0.05, 0) is 46.6 Å². The molecule has 0 aliphatic carbocycles. The highest BCUT2D eigenvalue weighted by Crippen LogP contribution is 2.31. The van der Waals surface area contributed by atoms with Crippen LogP contribution in [0.15, 0.2) is 39.4 Å². The highest BCUT2D eigenvalue weighted by Gasteiger charge is 2.11. The van der Waals surface area contributed by atoms with E-state index in [9.17, 15) is 4.79 Å². The van der Waals surface area contributed by atoms with E-state index >= 15 is 0 Å². The van der Waals surface area contributed by atoms with Crippen molar-refractivity contribution in [2.24, 2.45) is 0 Å². The van der Waals surface area contributed by atoms with Gasteiger partial charge in [0.15, 0.2) is 0 Å². The van der Waals surface area contributed by atoms with E-state index in [2.05, 4.69) is 15.9 Å². The first-order chi connectivity index (χ1) is 7.59. The lowest BCUT2D eigenvalue weighted by Gasteiger charge is -2.04. The number of aromatic carboxylic acids is 1. The molecule has 0 bridgehead atoms. The molecule has 16 heavy (non-hydrogen) atoms. The number of benzene rings is 1. The summed E-state index contributed by atoms with van der Waals surface area (Å²) in [6, 6.07) is 6.76. The number of aryl methyl sites for hydroxylation is 1. The molecule has 1 heterocycles. The number of hydrogen-bond donors (Lipinski definition) is 1. The van der Waals surface area contributed by atoms with E-state index in [4.69, 9.17) is 9.52 Å². The fourth-order valence-corrected chi connectivity index (χ4v) is 1.95. The maximum absolute atomic E-state index is 10.8. The molecule has 2 rings (SSSR count). The summed E-state index contributed by atoms with van der Waals surface area (Å²) in [5, 5.41) is 8.85. The summed E-state index contributed by atoms with van der Waals surface area (Å²) in [4.78, 5) is 10.8. The minimum Gasteiger partial charge on any atom is -0.478 e. The molecule has 0 spiro atoms. The molecule has 0 unspecified atom stereocenters. The highest BCUT2D eigenvalue weighted by molar-refractivity contribution is 9.10. The Balaban J connectivity index is 2.52. The predicted molar refractivity (Wildman–Crippen MR) is 63.5 cm³/mol. The van der Waals surface area contributed by atoms with Gasteiger partial charge in [0.25, 0.3) is 0 Å². The van der Waals surface area contributed by atoms with E-state index < -0.39 is 5.97 Å². The molecule has 0 aliphatic rings. The monoisotopic (exact) mass is 280 g/mol. The molecule has 2 aromatic rings. The summed E-state index contributed by atoms with van der Waals surface area (Å²) in [6.07, 6.45) is 1.59. The van der Waals surface area contributed by atoms with Crippen LogP contribution in [0.25, 0.3) is 11.3 Å². The van der Waals surface area contributed by atoms with E-state index in [-0.39, 0.29) is 5.56 Å². The van der Waals surface area contributed by atoms with Crippen molar-refractivity contribution < 1.29 is 14.3 Å². The van der Waals surface area contributed by atoms with Crippen molar-refractivity contribution in [3.8, 4) is 11.3 Å². The van der Waals surface area contributed by atoms with Crippen LogP contribution in [0.2, 0.25) is 0 Å². The largest absolute Gasteiger partial charge is 0.478 e. The average Bonchev–Trinajstić information content (AvgIpc) is 2.64. The van der Waals surface area contributed by atoms with Crippen LogP contribution in [0, 0.1) is 6.92 Å². The molecule has 1 aromatic carbocycles. The molecular weight excluding hydrogens is 272 g/mol. The van der Waals surface area contributed by atoms with Crippen molar-refractivity contribution in [2.45, 2.75) is 6.92 Å². The molecule has 4 heteroatoms. The van der Waals surface area contributed by atoms with E-state index in [1.165, 1.54) is 0 Å². The van der Waals surface area contributed by atoms with Gasteiger partial charge in [0.2, 0.25) is 0 Å². The molecule has 3 nitrogen and oxygen atoms in total. The standard InChI is InChI=1S/C12H9BrO3/c1-7-6-8(12(14)15)2-3-9(7)11-10(13)4-5-16-11/h2-6H,1H3,(H,14,15). The van der Waals surface area contributed by atoms with Crippen molar-refractivity contribution in [1.82, 2.24) is 0 Å². The summed E-state index contributed by atoms with van der Waals surface area (Å²) >= 11 is 3.37. The molecule has 0 saturated heterocycles. The van der Waals surface area contributed by atoms with Crippen LogP contribution in [0.3, 0.4) is 0 Å². The van der Waals surface area contributed by atoms with Crippen LogP contribution >= 0.6 is 15.9 Å². The Kier molecular flexibility index (Phi) is 2.83. The number of hydrogen-bond acceptors (Lipinski definition) is 2. The third-order valence-corrected chi connectivity index (χ3v) is 2.96. The Morgan fingerprint density at radius 2 is 2.12 bits per heavy atom. The van der Waals surface area contributed by atoms with Crippen molar-refractivity contribution in [3.63, 3.8) is 0 Å². The van der Waals surface area contributed by atoms with E-state index in [0.29, 0.717) is 0 Å². The number of carboxylic acid groups (broad SMARTS) is 1. The second-order valence-electron chi connectivity index (χ2n) is 3.43. The first-order valence-corrected chi connectivity index (χ1v) is 5.46. The zero-order chi connectivity index (χ0) is 11.7. The number of furan rings is 1. The van der Waals surface area contributed by atoms with Crippen LogP contribution in [-0.4, -0.2) is 11.1 Å². The van der Waals surface area contributed by atoms with Crippen molar-refractivity contribution in [1.29, 1.82) is 0 Å². The summed E-state index contributed by atoms with van der Waals surface area (Å²) in [5.41, 5.74) is 2.04. The van der Waals surface area contributed by atoms with Gasteiger partial charge in [0, 0.05) is 5.56 Å². The van der Waals surface area contributed by atoms with Crippen LogP contribution < -0.4 is 0 Å². The summed E-state index contributed by atoms with van der Waals surface area (Å²) in [6.45, 7) is 1.86. The first-order valence-electron chi connectivity index (χ1n) is 4.67. The highest BCUT2D eigenvalue weighted by atomic mass is 79.9. The maximum atomic E-state index is 10.8. The van der Waals surface area contributed by atoms with Gasteiger partial charge >= 0.3 is 5.97 Å². The molecule has 0 atom stereocenters. The molecule has 0 amide bonds. The van der Waals surface area contributed by atoms with Crippen LogP contribution in [0.1, 0.15) is 15.9 Å². The minimum atomic E-state index is -0.923. The average molecular weight is 281 g/mol. The fraction of sp³-hybridized carbons (Fsp3) is 0.0833. The molecule has 0 radical (unpaired) electrons. The Morgan fingerprint density at radius 1 is 1.38 bits per heavy atom. The van der Waals surface area contributed by atoms with Crippen LogP contribution in [-0.2, 0) is 0 Å². The van der Waals surface area contributed by atoms with Gasteiger partial charge in [0.05, 0.1) is 16.3 Å². The Labute approximate surface area is 101 Å². The fourth-order valence-electron chi connectivity index (χ4n) is 1.54. The summed E-state index contributed by atoms with van der Waals surface area (Å²) in [7, 11) is 0.